The number of likely N-dealkylation sites (N-methyl/N-ethyl adjacent to an activating group) is 1. The number of carbonyl (C=O) groups excluding carboxylic acids is 1. The highest BCUT2D eigenvalue weighted by atomic mass is 35.5. The van der Waals surface area contributed by atoms with E-state index in [-0.39, 0.29) is 12.1 Å². The molecule has 0 unspecified atom stereocenters. The number of hydrogen-bond donors (Lipinski definition) is 1. The molecule has 2 heterocycles. The Morgan fingerprint density at radius 3 is 2.50 bits per heavy atom. The lowest BCUT2D eigenvalue weighted by Crippen LogP contribution is -2.58. The van der Waals surface area contributed by atoms with Crippen molar-refractivity contribution in [1.29, 1.82) is 0 Å². The zero-order valence-corrected chi connectivity index (χ0v) is 15.5. The minimum atomic E-state index is -0.0487. The molecule has 24 heavy (non-hydrogen) atoms. The summed E-state index contributed by atoms with van der Waals surface area (Å²) in [7, 11) is 2.10. The van der Waals surface area contributed by atoms with Gasteiger partial charge in [0.15, 0.2) is 0 Å². The predicted octanol–water partition coefficient (Wildman–Crippen LogP) is 3.50. The third-order valence-corrected chi connectivity index (χ3v) is 5.79. The van der Waals surface area contributed by atoms with Crippen LogP contribution in [0, 0.1) is 0 Å². The topological polar surface area (TPSA) is 38.8 Å². The molecule has 1 aromatic rings. The zero-order valence-electron chi connectivity index (χ0n) is 14.8. The Balaban J connectivity index is 1.67. The summed E-state index contributed by atoms with van der Waals surface area (Å²) in [5.41, 5.74) is 1.82. The van der Waals surface area contributed by atoms with Crippen LogP contribution >= 0.6 is 11.6 Å². The van der Waals surface area contributed by atoms with Gasteiger partial charge in [-0.15, -0.1) is 0 Å². The van der Waals surface area contributed by atoms with Gasteiger partial charge in [0.05, 0.1) is 10.7 Å². The van der Waals surface area contributed by atoms with Crippen molar-refractivity contribution < 1.29 is 4.79 Å². The quantitative estimate of drug-likeness (QED) is 0.887. The standard InChI is InChI=1S/C18H27ClN4O/c1-13-14(2)23(11-10-21(13)3)18(24)20-15-6-7-17(16(19)12-15)22-8-4-5-9-22/h6-7,12-14H,4-5,8-11H2,1-3H3,(H,20,24)/t13-,14+/m1/s1. The molecule has 0 saturated carbocycles. The average Bonchev–Trinajstić information content (AvgIpc) is 3.07. The maximum absolute atomic E-state index is 12.6. The lowest BCUT2D eigenvalue weighted by atomic mass is 10.1. The van der Waals surface area contributed by atoms with Crippen molar-refractivity contribution in [2.24, 2.45) is 0 Å². The number of carbonyl (C=O) groups is 1. The molecule has 2 aliphatic rings. The van der Waals surface area contributed by atoms with Gasteiger partial charge in [0, 0.05) is 44.0 Å². The van der Waals surface area contributed by atoms with Crippen molar-refractivity contribution >= 4 is 29.0 Å². The van der Waals surface area contributed by atoms with Gasteiger partial charge in [-0.3, -0.25) is 4.90 Å². The summed E-state index contributed by atoms with van der Waals surface area (Å²) in [5.74, 6) is 0. The number of benzene rings is 1. The van der Waals surface area contributed by atoms with Crippen LogP contribution in [0.15, 0.2) is 18.2 Å². The second-order valence-corrected chi connectivity index (χ2v) is 7.35. The fourth-order valence-corrected chi connectivity index (χ4v) is 3.88. The molecule has 0 bridgehead atoms. The minimum Gasteiger partial charge on any atom is -0.370 e. The van der Waals surface area contributed by atoms with Gasteiger partial charge < -0.3 is 15.1 Å². The van der Waals surface area contributed by atoms with Crippen molar-refractivity contribution in [1.82, 2.24) is 9.80 Å². The summed E-state index contributed by atoms with van der Waals surface area (Å²) >= 11 is 6.44. The Bertz CT molecular complexity index is 603. The fraction of sp³-hybridized carbons (Fsp3) is 0.611. The Morgan fingerprint density at radius 1 is 1.12 bits per heavy atom. The van der Waals surface area contributed by atoms with Crippen LogP contribution in [0.5, 0.6) is 0 Å². The number of hydrogen-bond acceptors (Lipinski definition) is 3. The molecule has 1 aromatic carbocycles. The maximum Gasteiger partial charge on any atom is 0.322 e. The number of halogens is 1. The monoisotopic (exact) mass is 350 g/mol. The van der Waals surface area contributed by atoms with Gasteiger partial charge in [-0.1, -0.05) is 11.6 Å². The minimum absolute atomic E-state index is 0.0487. The SMILES string of the molecule is C[C@@H]1[C@H](C)N(C(=O)Nc2ccc(N3CCCC3)c(Cl)c2)CCN1C. The van der Waals surface area contributed by atoms with E-state index in [4.69, 9.17) is 11.6 Å². The molecule has 132 valence electrons. The molecule has 2 atom stereocenters. The first kappa shape index (κ1) is 17.4. The highest BCUT2D eigenvalue weighted by Gasteiger charge is 2.31. The number of nitrogens with one attached hydrogen (secondary N) is 1. The average molecular weight is 351 g/mol. The number of amides is 2. The smallest absolute Gasteiger partial charge is 0.322 e. The summed E-state index contributed by atoms with van der Waals surface area (Å²) < 4.78 is 0. The van der Waals surface area contributed by atoms with Crippen LogP contribution in [0.2, 0.25) is 5.02 Å². The lowest BCUT2D eigenvalue weighted by molar-refractivity contribution is 0.0796. The van der Waals surface area contributed by atoms with E-state index >= 15 is 0 Å². The van der Waals surface area contributed by atoms with Crippen LogP contribution in [0.1, 0.15) is 26.7 Å². The molecule has 3 rings (SSSR count). The second-order valence-electron chi connectivity index (χ2n) is 6.95. The van der Waals surface area contributed by atoms with E-state index in [0.717, 1.165) is 37.6 Å². The molecular formula is C18H27ClN4O. The summed E-state index contributed by atoms with van der Waals surface area (Å²) in [6, 6.07) is 6.30. The van der Waals surface area contributed by atoms with E-state index in [2.05, 4.69) is 36.0 Å². The molecular weight excluding hydrogens is 324 g/mol. The van der Waals surface area contributed by atoms with Gasteiger partial charge in [-0.25, -0.2) is 4.79 Å². The second kappa shape index (κ2) is 7.19. The summed E-state index contributed by atoms with van der Waals surface area (Å²) in [4.78, 5) is 19.1. The van der Waals surface area contributed by atoms with E-state index in [1.807, 2.05) is 23.1 Å². The Kier molecular flexibility index (Phi) is 5.21. The van der Waals surface area contributed by atoms with E-state index < -0.39 is 0 Å². The molecule has 0 radical (unpaired) electrons. The van der Waals surface area contributed by atoms with Crippen molar-refractivity contribution in [3.63, 3.8) is 0 Å². The first-order valence-electron chi connectivity index (χ1n) is 8.79. The fourth-order valence-electron chi connectivity index (χ4n) is 3.58. The molecule has 2 saturated heterocycles. The number of rotatable bonds is 2. The molecule has 1 N–H and O–H groups in total. The van der Waals surface area contributed by atoms with Gasteiger partial charge in [-0.2, -0.15) is 0 Å². The molecule has 2 aliphatic heterocycles. The molecule has 6 heteroatoms. The first-order chi connectivity index (χ1) is 11.5. The Morgan fingerprint density at radius 2 is 1.83 bits per heavy atom. The molecule has 2 amide bonds. The third kappa shape index (κ3) is 3.47. The van der Waals surface area contributed by atoms with Crippen LogP contribution in [0.25, 0.3) is 0 Å². The predicted molar refractivity (Wildman–Crippen MR) is 100 cm³/mol. The number of anilines is 2. The number of piperazine rings is 1. The van der Waals surface area contributed by atoms with E-state index in [1.54, 1.807) is 0 Å². The van der Waals surface area contributed by atoms with Crippen LogP contribution < -0.4 is 10.2 Å². The van der Waals surface area contributed by atoms with Crippen LogP contribution in [-0.4, -0.2) is 61.1 Å². The molecule has 0 aliphatic carbocycles. The molecule has 5 nitrogen and oxygen atoms in total. The third-order valence-electron chi connectivity index (χ3n) is 5.49. The van der Waals surface area contributed by atoms with E-state index in [0.29, 0.717) is 11.1 Å². The van der Waals surface area contributed by atoms with Crippen molar-refractivity contribution in [3.8, 4) is 0 Å². The lowest BCUT2D eigenvalue weighted by Gasteiger charge is -2.43. The Hall–Kier alpha value is -1.46. The summed E-state index contributed by atoms with van der Waals surface area (Å²) in [6.45, 7) is 8.01. The van der Waals surface area contributed by atoms with Crippen molar-refractivity contribution in [2.45, 2.75) is 38.8 Å². The van der Waals surface area contributed by atoms with E-state index in [9.17, 15) is 4.79 Å². The summed E-state index contributed by atoms with van der Waals surface area (Å²) in [5, 5.41) is 3.70. The normalized spacial score (nSPS) is 25.2. The summed E-state index contributed by atoms with van der Waals surface area (Å²) in [6.07, 6.45) is 2.43. The van der Waals surface area contributed by atoms with Crippen LogP contribution in [0.4, 0.5) is 16.2 Å². The number of urea groups is 1. The highest BCUT2D eigenvalue weighted by molar-refractivity contribution is 6.33. The van der Waals surface area contributed by atoms with Gasteiger partial charge in [0.25, 0.3) is 0 Å². The van der Waals surface area contributed by atoms with Gasteiger partial charge in [0.2, 0.25) is 0 Å². The van der Waals surface area contributed by atoms with Gasteiger partial charge in [-0.05, 0) is 51.9 Å². The molecule has 0 spiro atoms. The largest absolute Gasteiger partial charge is 0.370 e. The zero-order chi connectivity index (χ0) is 17.3. The number of nitrogens with zero attached hydrogens (tertiary/aromatic N) is 3. The van der Waals surface area contributed by atoms with Gasteiger partial charge in [0.1, 0.15) is 0 Å². The van der Waals surface area contributed by atoms with E-state index in [1.165, 1.54) is 12.8 Å². The first-order valence-corrected chi connectivity index (χ1v) is 9.17. The van der Waals surface area contributed by atoms with Crippen molar-refractivity contribution in [3.05, 3.63) is 23.2 Å². The molecule has 2 fully saturated rings. The Labute approximate surface area is 149 Å². The maximum atomic E-state index is 12.6. The molecule has 0 aromatic heterocycles. The van der Waals surface area contributed by atoms with Crippen LogP contribution in [0.3, 0.4) is 0 Å². The van der Waals surface area contributed by atoms with Crippen molar-refractivity contribution in [2.75, 3.05) is 43.4 Å². The van der Waals surface area contributed by atoms with Crippen LogP contribution in [-0.2, 0) is 0 Å². The highest BCUT2D eigenvalue weighted by Crippen LogP contribution is 2.31. The van der Waals surface area contributed by atoms with Gasteiger partial charge >= 0.3 is 6.03 Å².